The first-order valence-electron chi connectivity index (χ1n) is 9.79. The number of carbonyl (C=O) groups excluding carboxylic acids is 2. The van der Waals surface area contributed by atoms with Crippen LogP contribution in [0.4, 0.5) is 10.1 Å². The zero-order valence-electron chi connectivity index (χ0n) is 17.0. The number of halogens is 1. The zero-order valence-corrected chi connectivity index (χ0v) is 17.8. The highest BCUT2D eigenvalue weighted by molar-refractivity contribution is 8.00. The molecule has 1 aliphatic rings. The van der Waals surface area contributed by atoms with E-state index in [1.165, 1.54) is 36.0 Å². The monoisotopic (exact) mass is 432 g/mol. The maximum atomic E-state index is 12.9. The third kappa shape index (κ3) is 6.13. The van der Waals surface area contributed by atoms with Crippen molar-refractivity contribution in [1.29, 1.82) is 0 Å². The molecular weight excluding hydrogens is 407 g/mol. The van der Waals surface area contributed by atoms with E-state index in [-0.39, 0.29) is 35.2 Å². The van der Waals surface area contributed by atoms with Gasteiger partial charge in [0.2, 0.25) is 11.8 Å². The Hall–Kier alpha value is -2.74. The van der Waals surface area contributed by atoms with Crippen molar-refractivity contribution in [3.05, 3.63) is 53.3 Å². The number of thioether (sulfide) groups is 1. The predicted octanol–water partition coefficient (Wildman–Crippen LogP) is 3.54. The zero-order chi connectivity index (χ0) is 21.5. The topological polar surface area (TPSA) is 76.7 Å². The minimum absolute atomic E-state index is 0.125. The molecule has 1 atom stereocenters. The average Bonchev–Trinajstić information content (AvgIpc) is 3.07. The van der Waals surface area contributed by atoms with Crippen LogP contribution in [0.25, 0.3) is 0 Å². The van der Waals surface area contributed by atoms with E-state index in [0.29, 0.717) is 18.8 Å². The number of rotatable bonds is 9. The van der Waals surface area contributed by atoms with Crippen LogP contribution in [0.1, 0.15) is 25.0 Å². The molecule has 3 rings (SSSR count). The number of hydrogen-bond donors (Lipinski definition) is 2. The van der Waals surface area contributed by atoms with Crippen molar-refractivity contribution in [3.63, 3.8) is 0 Å². The summed E-state index contributed by atoms with van der Waals surface area (Å²) in [5.41, 5.74) is 2.49. The smallest absolute Gasteiger partial charge is 0.234 e. The summed E-state index contributed by atoms with van der Waals surface area (Å²) in [6.45, 7) is 4.80. The van der Waals surface area contributed by atoms with E-state index in [0.717, 1.165) is 29.0 Å². The summed E-state index contributed by atoms with van der Waals surface area (Å²) in [5, 5.41) is 5.52. The van der Waals surface area contributed by atoms with Gasteiger partial charge in [-0.1, -0.05) is 0 Å². The molecule has 6 nitrogen and oxygen atoms in total. The van der Waals surface area contributed by atoms with Gasteiger partial charge in [-0.05, 0) is 50.2 Å². The highest BCUT2D eigenvalue weighted by Crippen LogP contribution is 2.35. The Morgan fingerprint density at radius 2 is 1.93 bits per heavy atom. The number of amides is 2. The number of ether oxygens (including phenoxy) is 2. The number of fused-ring (bicyclic) bond motifs is 1. The van der Waals surface area contributed by atoms with Crippen LogP contribution in [0.15, 0.2) is 36.4 Å². The van der Waals surface area contributed by atoms with Gasteiger partial charge in [0.15, 0.2) is 0 Å². The van der Waals surface area contributed by atoms with Crippen LogP contribution in [0, 0.1) is 5.82 Å². The van der Waals surface area contributed by atoms with E-state index in [1.807, 2.05) is 26.0 Å². The fraction of sp³-hybridized carbons (Fsp3) is 0.364. The van der Waals surface area contributed by atoms with Crippen LogP contribution in [0.3, 0.4) is 0 Å². The molecule has 1 aliphatic heterocycles. The summed E-state index contributed by atoms with van der Waals surface area (Å²) >= 11 is 1.21. The normalized spacial score (nSPS) is 14.6. The molecule has 0 spiro atoms. The molecule has 0 saturated heterocycles. The lowest BCUT2D eigenvalue weighted by molar-refractivity contribution is -0.118. The van der Waals surface area contributed by atoms with Crippen LogP contribution < -0.4 is 20.1 Å². The van der Waals surface area contributed by atoms with Crippen molar-refractivity contribution < 1.29 is 23.5 Å². The fourth-order valence-electron chi connectivity index (χ4n) is 3.12. The first-order valence-corrected chi connectivity index (χ1v) is 10.9. The fourth-order valence-corrected chi connectivity index (χ4v) is 3.77. The van der Waals surface area contributed by atoms with Crippen molar-refractivity contribution in [2.45, 2.75) is 32.9 Å². The van der Waals surface area contributed by atoms with Crippen molar-refractivity contribution >= 4 is 29.3 Å². The van der Waals surface area contributed by atoms with Gasteiger partial charge in [0.1, 0.15) is 23.4 Å². The molecule has 30 heavy (non-hydrogen) atoms. The lowest BCUT2D eigenvalue weighted by Crippen LogP contribution is -2.26. The number of anilines is 1. The van der Waals surface area contributed by atoms with E-state index in [9.17, 15) is 14.0 Å². The molecule has 0 radical (unpaired) electrons. The summed E-state index contributed by atoms with van der Waals surface area (Å²) in [6.07, 6.45) is 0.982. The third-order valence-electron chi connectivity index (χ3n) is 4.45. The van der Waals surface area contributed by atoms with E-state index in [1.54, 1.807) is 0 Å². The largest absolute Gasteiger partial charge is 0.494 e. The molecular formula is C22H25FN2O4S. The highest BCUT2D eigenvalue weighted by atomic mass is 32.2. The molecule has 0 aromatic heterocycles. The first-order chi connectivity index (χ1) is 14.4. The van der Waals surface area contributed by atoms with Crippen LogP contribution >= 0.6 is 11.8 Å². The maximum absolute atomic E-state index is 12.9. The molecule has 0 saturated carbocycles. The molecule has 0 fully saturated rings. The van der Waals surface area contributed by atoms with Gasteiger partial charge in [-0.15, -0.1) is 11.8 Å². The molecule has 0 bridgehead atoms. The molecule has 2 aromatic rings. The molecule has 8 heteroatoms. The minimum atomic E-state index is -0.365. The summed E-state index contributed by atoms with van der Waals surface area (Å²) in [5.74, 6) is 1.08. The maximum Gasteiger partial charge on any atom is 0.234 e. The highest BCUT2D eigenvalue weighted by Gasteiger charge is 2.22. The quantitative estimate of drug-likeness (QED) is 0.634. The van der Waals surface area contributed by atoms with Gasteiger partial charge in [0, 0.05) is 29.8 Å². The number of nitrogens with one attached hydrogen (secondary N) is 2. The first kappa shape index (κ1) is 22.0. The second-order valence-corrected chi connectivity index (χ2v) is 7.94. The summed E-state index contributed by atoms with van der Waals surface area (Å²) in [6, 6.07) is 9.43. The Kier molecular flexibility index (Phi) is 7.57. The Morgan fingerprint density at radius 1 is 1.20 bits per heavy atom. The van der Waals surface area contributed by atoms with Crippen molar-refractivity contribution in [1.82, 2.24) is 5.32 Å². The number of carbonyl (C=O) groups is 2. The van der Waals surface area contributed by atoms with Gasteiger partial charge in [-0.25, -0.2) is 4.39 Å². The van der Waals surface area contributed by atoms with Gasteiger partial charge >= 0.3 is 0 Å². The molecule has 2 aromatic carbocycles. The van der Waals surface area contributed by atoms with E-state index in [2.05, 4.69) is 10.6 Å². The second-order valence-electron chi connectivity index (χ2n) is 6.96. The Labute approximate surface area is 179 Å². The van der Waals surface area contributed by atoms with E-state index >= 15 is 0 Å². The minimum Gasteiger partial charge on any atom is -0.494 e. The van der Waals surface area contributed by atoms with Gasteiger partial charge in [-0.3, -0.25) is 9.59 Å². The van der Waals surface area contributed by atoms with Crippen molar-refractivity contribution in [2.75, 3.05) is 23.4 Å². The predicted molar refractivity (Wildman–Crippen MR) is 116 cm³/mol. The van der Waals surface area contributed by atoms with Crippen molar-refractivity contribution in [2.24, 2.45) is 0 Å². The second kappa shape index (κ2) is 10.3. The van der Waals surface area contributed by atoms with E-state index < -0.39 is 0 Å². The molecule has 160 valence electrons. The number of hydrogen-bond acceptors (Lipinski definition) is 5. The standard InChI is InChI=1S/C22H25FN2O4S/c1-3-28-19-9-15-8-14(2)29-20(15)10-16(19)11-24-21(26)12-30-13-22(27)25-18-6-4-17(23)5-7-18/h4-7,9-10,14H,3,8,11-13H2,1-2H3,(H,24,26)(H,25,27). The lowest BCUT2D eigenvalue weighted by Gasteiger charge is -2.13. The third-order valence-corrected chi connectivity index (χ3v) is 5.38. The number of benzene rings is 2. The Bertz CT molecular complexity index is 905. The SMILES string of the molecule is CCOc1cc2c(cc1CNC(=O)CSCC(=O)Nc1ccc(F)cc1)OC(C)C2. The van der Waals surface area contributed by atoms with Crippen LogP contribution in [0.2, 0.25) is 0 Å². The van der Waals surface area contributed by atoms with Gasteiger partial charge in [-0.2, -0.15) is 0 Å². The molecule has 1 heterocycles. The summed E-state index contributed by atoms with van der Waals surface area (Å²) < 4.78 is 24.4. The molecule has 1 unspecified atom stereocenters. The lowest BCUT2D eigenvalue weighted by atomic mass is 10.1. The van der Waals surface area contributed by atoms with Gasteiger partial charge in [0.25, 0.3) is 0 Å². The summed E-state index contributed by atoms with van der Waals surface area (Å²) in [4.78, 5) is 24.1. The Balaban J connectivity index is 1.45. The molecule has 0 aliphatic carbocycles. The van der Waals surface area contributed by atoms with Crippen LogP contribution in [-0.4, -0.2) is 36.0 Å². The van der Waals surface area contributed by atoms with Crippen LogP contribution in [-0.2, 0) is 22.6 Å². The van der Waals surface area contributed by atoms with Crippen LogP contribution in [0.5, 0.6) is 11.5 Å². The van der Waals surface area contributed by atoms with Gasteiger partial charge < -0.3 is 20.1 Å². The average molecular weight is 433 g/mol. The van der Waals surface area contributed by atoms with E-state index in [4.69, 9.17) is 9.47 Å². The van der Waals surface area contributed by atoms with Gasteiger partial charge in [0.05, 0.1) is 18.1 Å². The Morgan fingerprint density at radius 3 is 2.67 bits per heavy atom. The molecule has 2 amide bonds. The van der Waals surface area contributed by atoms with Crippen molar-refractivity contribution in [3.8, 4) is 11.5 Å². The molecule has 2 N–H and O–H groups in total. The summed E-state index contributed by atoms with van der Waals surface area (Å²) in [7, 11) is 0.